The van der Waals surface area contributed by atoms with Crippen molar-refractivity contribution in [1.82, 2.24) is 10.3 Å². The molecular formula is C19H25N3O3. The summed E-state index contributed by atoms with van der Waals surface area (Å²) in [5.74, 6) is 1.96. The molecule has 1 aromatic rings. The van der Waals surface area contributed by atoms with E-state index in [-0.39, 0.29) is 16.6 Å². The third-order valence-electron chi connectivity index (χ3n) is 8.39. The molecule has 1 N–H and O–H groups in total. The highest BCUT2D eigenvalue weighted by molar-refractivity contribution is 6.43. The summed E-state index contributed by atoms with van der Waals surface area (Å²) in [5, 5.41) is 20.9. The molecule has 0 aromatic carbocycles. The maximum atomic E-state index is 12.7. The van der Waals surface area contributed by atoms with Crippen molar-refractivity contribution in [2.75, 3.05) is 0 Å². The highest BCUT2D eigenvalue weighted by atomic mass is 16.6. The molecule has 0 radical (unpaired) electrons. The lowest BCUT2D eigenvalue weighted by Crippen LogP contribution is -2.52. The standard InChI is InChI=1S/C19H25N3O3/c1-18-8-6-14-16(22-25-21-14)12(18)4-3-10-11(18)5-7-19(2)13(10)9-15(20-24)17(19)23/h10-13,24H,3-9H2,1-2H3/t10-,11?,12?,13?,18-,19+/m1/s1. The molecule has 4 aliphatic rings. The van der Waals surface area contributed by atoms with Crippen LogP contribution in [-0.4, -0.2) is 27.0 Å². The first-order valence-electron chi connectivity index (χ1n) is 9.56. The number of hydrogen-bond donors (Lipinski definition) is 1. The summed E-state index contributed by atoms with van der Waals surface area (Å²) < 4.78 is 5.04. The van der Waals surface area contributed by atoms with Gasteiger partial charge in [-0.1, -0.05) is 29.3 Å². The number of carbonyl (C=O) groups excluding carboxylic acids is 1. The Kier molecular flexibility index (Phi) is 3.06. The van der Waals surface area contributed by atoms with Crippen molar-refractivity contribution in [3.05, 3.63) is 11.4 Å². The molecular weight excluding hydrogens is 318 g/mol. The van der Waals surface area contributed by atoms with Crippen molar-refractivity contribution in [2.24, 2.45) is 33.7 Å². The van der Waals surface area contributed by atoms with Crippen LogP contribution in [0.1, 0.15) is 69.7 Å². The second-order valence-corrected chi connectivity index (χ2v) is 9.14. The molecule has 0 aliphatic heterocycles. The van der Waals surface area contributed by atoms with Crippen LogP contribution in [0.4, 0.5) is 0 Å². The van der Waals surface area contributed by atoms with E-state index in [1.807, 2.05) is 0 Å². The first kappa shape index (κ1) is 15.5. The van der Waals surface area contributed by atoms with Crippen LogP contribution in [0.15, 0.2) is 9.78 Å². The van der Waals surface area contributed by atoms with Gasteiger partial charge in [0.1, 0.15) is 17.1 Å². The topological polar surface area (TPSA) is 88.6 Å². The normalized spacial score (nSPS) is 47.1. The average molecular weight is 343 g/mol. The van der Waals surface area contributed by atoms with Gasteiger partial charge in [0, 0.05) is 17.8 Å². The van der Waals surface area contributed by atoms with E-state index in [4.69, 9.17) is 4.63 Å². The molecule has 1 heterocycles. The first-order valence-corrected chi connectivity index (χ1v) is 9.56. The lowest BCUT2D eigenvalue weighted by molar-refractivity contribution is -0.132. The Labute approximate surface area is 147 Å². The predicted octanol–water partition coefficient (Wildman–Crippen LogP) is 3.35. The largest absolute Gasteiger partial charge is 0.411 e. The number of ketones is 1. The van der Waals surface area contributed by atoms with Gasteiger partial charge in [-0.05, 0) is 61.7 Å². The van der Waals surface area contributed by atoms with E-state index in [1.54, 1.807) is 0 Å². The summed E-state index contributed by atoms with van der Waals surface area (Å²) >= 11 is 0. The molecule has 3 fully saturated rings. The maximum absolute atomic E-state index is 12.7. The van der Waals surface area contributed by atoms with Gasteiger partial charge in [0.25, 0.3) is 0 Å². The zero-order valence-corrected chi connectivity index (χ0v) is 14.9. The molecule has 6 heteroatoms. The van der Waals surface area contributed by atoms with E-state index in [0.29, 0.717) is 35.8 Å². The number of Topliss-reactive ketones (excluding diaryl/α,β-unsaturated/α-hetero) is 1. The van der Waals surface area contributed by atoms with Crippen molar-refractivity contribution < 1.29 is 14.6 Å². The van der Waals surface area contributed by atoms with Crippen LogP contribution in [0.25, 0.3) is 0 Å². The van der Waals surface area contributed by atoms with Gasteiger partial charge in [0.2, 0.25) is 0 Å². The van der Waals surface area contributed by atoms with E-state index in [2.05, 4.69) is 29.3 Å². The van der Waals surface area contributed by atoms with Crippen molar-refractivity contribution in [3.63, 3.8) is 0 Å². The Morgan fingerprint density at radius 3 is 2.80 bits per heavy atom. The van der Waals surface area contributed by atoms with Gasteiger partial charge in [-0.25, -0.2) is 4.63 Å². The van der Waals surface area contributed by atoms with Crippen LogP contribution in [0.5, 0.6) is 0 Å². The molecule has 6 nitrogen and oxygen atoms in total. The quantitative estimate of drug-likeness (QED) is 0.576. The SMILES string of the molecule is C[C@]12CCc3nonc3C1CC[C@@H]1C2CC[C@]2(C)C(=O)C(=NO)CC12. The number of aryl methyl sites for hydroxylation is 1. The van der Waals surface area contributed by atoms with E-state index >= 15 is 0 Å². The van der Waals surface area contributed by atoms with Crippen LogP contribution in [-0.2, 0) is 11.2 Å². The number of hydrogen-bond acceptors (Lipinski definition) is 6. The van der Waals surface area contributed by atoms with Crippen molar-refractivity contribution in [2.45, 2.75) is 64.7 Å². The molecule has 0 spiro atoms. The summed E-state index contributed by atoms with van der Waals surface area (Å²) in [6.07, 6.45) is 6.90. The summed E-state index contributed by atoms with van der Waals surface area (Å²) in [4.78, 5) is 12.7. The molecule has 3 saturated carbocycles. The van der Waals surface area contributed by atoms with Gasteiger partial charge in [-0.3, -0.25) is 4.79 Å². The minimum atomic E-state index is -0.332. The Morgan fingerprint density at radius 1 is 1.16 bits per heavy atom. The Balaban J connectivity index is 1.52. The van der Waals surface area contributed by atoms with Crippen LogP contribution < -0.4 is 0 Å². The summed E-state index contributed by atoms with van der Waals surface area (Å²) in [6.45, 7) is 4.52. The number of rotatable bonds is 0. The lowest BCUT2D eigenvalue weighted by Gasteiger charge is -2.58. The molecule has 25 heavy (non-hydrogen) atoms. The molecule has 0 saturated heterocycles. The second kappa shape index (κ2) is 4.92. The highest BCUT2D eigenvalue weighted by Crippen LogP contribution is 2.66. The summed E-state index contributed by atoms with van der Waals surface area (Å²) in [7, 11) is 0. The predicted molar refractivity (Wildman–Crippen MR) is 89.4 cm³/mol. The monoisotopic (exact) mass is 343 g/mol. The van der Waals surface area contributed by atoms with E-state index < -0.39 is 0 Å². The smallest absolute Gasteiger partial charge is 0.186 e. The van der Waals surface area contributed by atoms with Gasteiger partial charge in [0.05, 0.1) is 0 Å². The van der Waals surface area contributed by atoms with E-state index in [1.165, 1.54) is 0 Å². The zero-order chi connectivity index (χ0) is 17.4. The Bertz CT molecular complexity index is 772. The third-order valence-corrected chi connectivity index (χ3v) is 8.39. The molecule has 1 aromatic heterocycles. The van der Waals surface area contributed by atoms with Gasteiger partial charge >= 0.3 is 0 Å². The fourth-order valence-electron chi connectivity index (χ4n) is 7.00. The van der Waals surface area contributed by atoms with E-state index in [9.17, 15) is 10.0 Å². The summed E-state index contributed by atoms with van der Waals surface area (Å²) in [5.41, 5.74) is 2.40. The van der Waals surface area contributed by atoms with Gasteiger partial charge in [-0.15, -0.1) is 0 Å². The van der Waals surface area contributed by atoms with Gasteiger partial charge in [-0.2, -0.15) is 0 Å². The van der Waals surface area contributed by atoms with Crippen molar-refractivity contribution >= 4 is 11.5 Å². The van der Waals surface area contributed by atoms with Crippen LogP contribution in [0, 0.1) is 28.6 Å². The zero-order valence-electron chi connectivity index (χ0n) is 14.9. The average Bonchev–Trinajstić information content (AvgIpc) is 3.17. The molecule has 134 valence electrons. The Hall–Kier alpha value is -1.72. The second-order valence-electron chi connectivity index (χ2n) is 9.14. The van der Waals surface area contributed by atoms with Crippen molar-refractivity contribution in [1.29, 1.82) is 0 Å². The molecule has 0 amide bonds. The van der Waals surface area contributed by atoms with Crippen LogP contribution in [0.2, 0.25) is 0 Å². The fourth-order valence-corrected chi connectivity index (χ4v) is 7.00. The van der Waals surface area contributed by atoms with E-state index in [0.717, 1.165) is 49.9 Å². The molecule has 0 bridgehead atoms. The lowest BCUT2D eigenvalue weighted by atomic mass is 9.45. The number of fused-ring (bicyclic) bond motifs is 7. The minimum Gasteiger partial charge on any atom is -0.411 e. The molecule has 4 aliphatic carbocycles. The third kappa shape index (κ3) is 1.80. The van der Waals surface area contributed by atoms with Crippen LogP contribution in [0.3, 0.4) is 0 Å². The minimum absolute atomic E-state index is 0.0809. The first-order chi connectivity index (χ1) is 12.0. The molecule has 6 atom stereocenters. The maximum Gasteiger partial charge on any atom is 0.186 e. The van der Waals surface area contributed by atoms with Gasteiger partial charge in [0.15, 0.2) is 5.78 Å². The summed E-state index contributed by atoms with van der Waals surface area (Å²) in [6, 6.07) is 0. The highest BCUT2D eigenvalue weighted by Gasteiger charge is 2.62. The Morgan fingerprint density at radius 2 is 2.00 bits per heavy atom. The number of oxime groups is 1. The number of nitrogens with zero attached hydrogens (tertiary/aromatic N) is 3. The number of aromatic nitrogens is 2. The van der Waals surface area contributed by atoms with Crippen molar-refractivity contribution in [3.8, 4) is 0 Å². The number of carbonyl (C=O) groups is 1. The fraction of sp³-hybridized carbons (Fsp3) is 0.789. The van der Waals surface area contributed by atoms with Crippen LogP contribution >= 0.6 is 0 Å². The molecule has 5 rings (SSSR count). The van der Waals surface area contributed by atoms with Gasteiger partial charge < -0.3 is 5.21 Å². The molecule has 3 unspecified atom stereocenters.